The number of benzene rings is 1. The van der Waals surface area contributed by atoms with Crippen molar-refractivity contribution in [3.8, 4) is 5.75 Å². The lowest BCUT2D eigenvalue weighted by atomic mass is 9.98. The van der Waals surface area contributed by atoms with E-state index in [2.05, 4.69) is 39.2 Å². The van der Waals surface area contributed by atoms with Gasteiger partial charge in [0.15, 0.2) is 0 Å². The van der Waals surface area contributed by atoms with Crippen molar-refractivity contribution >= 4 is 5.97 Å². The van der Waals surface area contributed by atoms with Crippen molar-refractivity contribution in [1.29, 1.82) is 0 Å². The molecule has 0 aliphatic carbocycles. The summed E-state index contributed by atoms with van der Waals surface area (Å²) in [4.78, 5) is 14.8. The highest BCUT2D eigenvalue weighted by molar-refractivity contribution is 5.90. The molecule has 4 nitrogen and oxygen atoms in total. The number of nitrogens with zero attached hydrogens (tertiary/aromatic N) is 1. The van der Waals surface area contributed by atoms with E-state index in [0.29, 0.717) is 18.8 Å². The number of rotatable bonds is 13. The Balaban J connectivity index is 2.98. The molecular formula is C22H35NO3. The number of ether oxygens (including phenoxy) is 2. The van der Waals surface area contributed by atoms with Crippen LogP contribution in [0.5, 0.6) is 5.75 Å². The molecule has 0 N–H and O–H groups in total. The molecule has 0 amide bonds. The molecule has 0 saturated heterocycles. The average molecular weight is 362 g/mol. The van der Waals surface area contributed by atoms with Crippen LogP contribution in [-0.2, 0) is 17.6 Å². The van der Waals surface area contributed by atoms with Gasteiger partial charge in [-0.05, 0) is 49.2 Å². The van der Waals surface area contributed by atoms with Crippen LogP contribution in [0.1, 0.15) is 62.0 Å². The topological polar surface area (TPSA) is 38.8 Å². The Morgan fingerprint density at radius 2 is 1.65 bits per heavy atom. The van der Waals surface area contributed by atoms with Gasteiger partial charge in [-0.1, -0.05) is 53.2 Å². The third kappa shape index (κ3) is 6.83. The van der Waals surface area contributed by atoms with Gasteiger partial charge in [-0.15, -0.1) is 0 Å². The molecule has 0 fully saturated rings. The summed E-state index contributed by atoms with van der Waals surface area (Å²) >= 11 is 0. The van der Waals surface area contributed by atoms with Crippen LogP contribution in [0.2, 0.25) is 0 Å². The number of likely N-dealkylation sites (N-methyl/N-ethyl adjacent to an activating group) is 1. The smallest absolute Gasteiger partial charge is 0.338 e. The van der Waals surface area contributed by atoms with Crippen LogP contribution >= 0.6 is 0 Å². The van der Waals surface area contributed by atoms with Crippen LogP contribution in [0.4, 0.5) is 0 Å². The third-order valence-corrected chi connectivity index (χ3v) is 4.40. The minimum Gasteiger partial charge on any atom is -0.489 e. The van der Waals surface area contributed by atoms with Crippen molar-refractivity contribution in [3.05, 3.63) is 41.5 Å². The maximum atomic E-state index is 12.5. The molecule has 4 heteroatoms. The molecule has 1 aromatic rings. The molecule has 1 aromatic carbocycles. The summed E-state index contributed by atoms with van der Waals surface area (Å²) in [5, 5.41) is 0. The summed E-state index contributed by atoms with van der Waals surface area (Å²) in [6.45, 7) is 15.8. The zero-order chi connectivity index (χ0) is 19.4. The lowest BCUT2D eigenvalue weighted by molar-refractivity contribution is 0.0466. The minimum absolute atomic E-state index is 0.248. The molecule has 0 saturated carbocycles. The van der Waals surface area contributed by atoms with Gasteiger partial charge >= 0.3 is 5.97 Å². The monoisotopic (exact) mass is 361 g/mol. The van der Waals surface area contributed by atoms with E-state index in [1.165, 1.54) is 0 Å². The van der Waals surface area contributed by atoms with E-state index >= 15 is 0 Å². The predicted octanol–water partition coefficient (Wildman–Crippen LogP) is 4.66. The second-order valence-corrected chi connectivity index (χ2v) is 6.39. The maximum Gasteiger partial charge on any atom is 0.338 e. The van der Waals surface area contributed by atoms with Crippen LogP contribution < -0.4 is 4.74 Å². The lowest BCUT2D eigenvalue weighted by Gasteiger charge is -2.19. The van der Waals surface area contributed by atoms with E-state index in [0.717, 1.165) is 62.2 Å². The van der Waals surface area contributed by atoms with E-state index in [9.17, 15) is 4.79 Å². The first-order valence-corrected chi connectivity index (χ1v) is 9.90. The van der Waals surface area contributed by atoms with Gasteiger partial charge in [0.1, 0.15) is 19.0 Å². The summed E-state index contributed by atoms with van der Waals surface area (Å²) < 4.78 is 11.4. The fraction of sp³-hybridized carbons (Fsp3) is 0.591. The SMILES string of the molecule is C=CCOc1c(CCC)cc(C(=O)OCCN(CC)CC)cc1CCC. The van der Waals surface area contributed by atoms with Crippen LogP contribution in [-0.4, -0.2) is 43.7 Å². The van der Waals surface area contributed by atoms with E-state index in [4.69, 9.17) is 9.47 Å². The highest BCUT2D eigenvalue weighted by Gasteiger charge is 2.16. The maximum absolute atomic E-state index is 12.5. The summed E-state index contributed by atoms with van der Waals surface area (Å²) in [5.74, 6) is 0.662. The first-order chi connectivity index (χ1) is 12.6. The van der Waals surface area contributed by atoms with Crippen molar-refractivity contribution in [2.24, 2.45) is 0 Å². The number of hydrogen-bond acceptors (Lipinski definition) is 4. The molecule has 0 heterocycles. The molecule has 0 atom stereocenters. The number of hydrogen-bond donors (Lipinski definition) is 0. The molecule has 26 heavy (non-hydrogen) atoms. The zero-order valence-electron chi connectivity index (χ0n) is 17.0. The first-order valence-electron chi connectivity index (χ1n) is 9.90. The Kier molecular flexibility index (Phi) is 10.7. The molecule has 146 valence electrons. The van der Waals surface area contributed by atoms with Crippen LogP contribution in [0.15, 0.2) is 24.8 Å². The lowest BCUT2D eigenvalue weighted by Crippen LogP contribution is -2.28. The van der Waals surface area contributed by atoms with Gasteiger partial charge in [-0.3, -0.25) is 0 Å². The molecule has 0 aromatic heterocycles. The largest absolute Gasteiger partial charge is 0.489 e. The van der Waals surface area contributed by atoms with Gasteiger partial charge in [0.25, 0.3) is 0 Å². The van der Waals surface area contributed by atoms with Crippen molar-refractivity contribution in [3.63, 3.8) is 0 Å². The van der Waals surface area contributed by atoms with E-state index < -0.39 is 0 Å². The second kappa shape index (κ2) is 12.5. The van der Waals surface area contributed by atoms with Crippen molar-refractivity contribution < 1.29 is 14.3 Å². The van der Waals surface area contributed by atoms with Crippen LogP contribution in [0.25, 0.3) is 0 Å². The Bertz CT molecular complexity index is 538. The summed E-state index contributed by atoms with van der Waals surface area (Å²) in [5.41, 5.74) is 2.79. The average Bonchev–Trinajstić information content (AvgIpc) is 2.64. The molecule has 0 aliphatic heterocycles. The van der Waals surface area contributed by atoms with Gasteiger partial charge in [0, 0.05) is 6.54 Å². The number of aryl methyl sites for hydroxylation is 2. The number of carbonyl (C=O) groups is 1. The van der Waals surface area contributed by atoms with E-state index in [-0.39, 0.29) is 5.97 Å². The first kappa shape index (κ1) is 22.2. The van der Waals surface area contributed by atoms with Gasteiger partial charge < -0.3 is 14.4 Å². The molecule has 0 spiro atoms. The van der Waals surface area contributed by atoms with Crippen LogP contribution in [0, 0.1) is 0 Å². The van der Waals surface area contributed by atoms with Gasteiger partial charge in [0.05, 0.1) is 5.56 Å². The van der Waals surface area contributed by atoms with Crippen molar-refractivity contribution in [2.75, 3.05) is 32.8 Å². The van der Waals surface area contributed by atoms with Crippen molar-refractivity contribution in [1.82, 2.24) is 4.90 Å². The van der Waals surface area contributed by atoms with Gasteiger partial charge in [-0.2, -0.15) is 0 Å². The molecule has 0 radical (unpaired) electrons. The number of esters is 1. The fourth-order valence-corrected chi connectivity index (χ4v) is 3.00. The van der Waals surface area contributed by atoms with Gasteiger partial charge in [-0.25, -0.2) is 4.79 Å². The molecule has 1 rings (SSSR count). The highest BCUT2D eigenvalue weighted by atomic mass is 16.5. The second-order valence-electron chi connectivity index (χ2n) is 6.39. The van der Waals surface area contributed by atoms with E-state index in [1.807, 2.05) is 12.1 Å². The fourth-order valence-electron chi connectivity index (χ4n) is 3.00. The Morgan fingerprint density at radius 3 is 2.12 bits per heavy atom. The zero-order valence-corrected chi connectivity index (χ0v) is 17.0. The predicted molar refractivity (Wildman–Crippen MR) is 108 cm³/mol. The van der Waals surface area contributed by atoms with Gasteiger partial charge in [0.2, 0.25) is 0 Å². The molecule has 0 aliphatic rings. The minimum atomic E-state index is -0.248. The third-order valence-electron chi connectivity index (χ3n) is 4.40. The highest BCUT2D eigenvalue weighted by Crippen LogP contribution is 2.29. The Labute approximate surface area is 159 Å². The van der Waals surface area contributed by atoms with Crippen molar-refractivity contribution in [2.45, 2.75) is 53.4 Å². The summed E-state index contributed by atoms with van der Waals surface area (Å²) in [6.07, 6.45) is 5.50. The molecule has 0 unspecified atom stereocenters. The standard InChI is InChI=1S/C22H35NO3/c1-6-11-18-16-20(22(24)26-15-13-23(9-4)10-5)17-19(12-7-2)21(18)25-14-8-3/h8,16-17H,3,6-7,9-15H2,1-2,4-5H3. The Hall–Kier alpha value is -1.81. The summed E-state index contributed by atoms with van der Waals surface area (Å²) in [6, 6.07) is 3.86. The summed E-state index contributed by atoms with van der Waals surface area (Å²) in [7, 11) is 0. The molecular weight excluding hydrogens is 326 g/mol. The van der Waals surface area contributed by atoms with Crippen LogP contribution in [0.3, 0.4) is 0 Å². The Morgan fingerprint density at radius 1 is 1.08 bits per heavy atom. The molecule has 0 bridgehead atoms. The normalized spacial score (nSPS) is 10.8. The quantitative estimate of drug-likeness (QED) is 0.378. The number of carbonyl (C=O) groups excluding carboxylic acids is 1. The van der Waals surface area contributed by atoms with E-state index in [1.54, 1.807) is 6.08 Å².